The summed E-state index contributed by atoms with van der Waals surface area (Å²) < 4.78 is 2.11. The summed E-state index contributed by atoms with van der Waals surface area (Å²) in [6.45, 7) is 0. The highest BCUT2D eigenvalue weighted by molar-refractivity contribution is 9.11. The van der Waals surface area contributed by atoms with Gasteiger partial charge in [-0.15, -0.1) is 0 Å². The molecular weight excluding hydrogens is 331 g/mol. The minimum atomic E-state index is 0. The van der Waals surface area contributed by atoms with Crippen molar-refractivity contribution in [1.29, 1.82) is 0 Å². The van der Waals surface area contributed by atoms with Crippen LogP contribution in [0.1, 0.15) is 4.95 Å². The monoisotopic (exact) mass is 342 g/mol. The maximum absolute atomic E-state index is 3.55. The van der Waals surface area contributed by atoms with Crippen LogP contribution < -0.4 is 21.9 Å². The van der Waals surface area contributed by atoms with E-state index in [-0.39, 0.29) is 12.4 Å². The molecule has 1 atom stereocenters. The van der Waals surface area contributed by atoms with Crippen molar-refractivity contribution in [3.63, 3.8) is 0 Å². The highest BCUT2D eigenvalue weighted by atomic mass is 79.9. The van der Waals surface area contributed by atoms with Crippen molar-refractivity contribution in [2.45, 2.75) is 4.95 Å². The Morgan fingerprint density at radius 3 is 2.21 bits per heavy atom. The average Bonchev–Trinajstić information content (AvgIpc) is 2.17. The first-order valence-electron chi connectivity index (χ1n) is 4.03. The van der Waals surface area contributed by atoms with Gasteiger partial charge in [-0.1, -0.05) is 15.9 Å². The summed E-state index contributed by atoms with van der Waals surface area (Å²) in [6, 6.07) is 4.19. The van der Waals surface area contributed by atoms with Crippen LogP contribution in [0.2, 0.25) is 0 Å². The quantitative estimate of drug-likeness (QED) is 0.521. The number of pyridine rings is 1. The van der Waals surface area contributed by atoms with Crippen LogP contribution >= 0.6 is 31.9 Å². The Hall–Kier alpha value is 0.200. The highest BCUT2D eigenvalue weighted by Gasteiger charge is 2.11. The molecule has 0 amide bonds. The number of anilines is 1. The second-order valence-electron chi connectivity index (χ2n) is 2.99. The van der Waals surface area contributed by atoms with Crippen molar-refractivity contribution in [1.82, 2.24) is 0 Å². The molecule has 0 spiro atoms. The van der Waals surface area contributed by atoms with E-state index in [2.05, 4.69) is 65.9 Å². The summed E-state index contributed by atoms with van der Waals surface area (Å²) in [5, 5.41) is 0.902. The van der Waals surface area contributed by atoms with Crippen LogP contribution in [-0.4, -0.2) is 19.4 Å². The van der Waals surface area contributed by atoms with Crippen molar-refractivity contribution in [2.24, 2.45) is 0 Å². The van der Waals surface area contributed by atoms with Crippen LogP contribution in [0, 0.1) is 0 Å². The van der Waals surface area contributed by atoms with Gasteiger partial charge < -0.3 is 17.3 Å². The Kier molecular flexibility index (Phi) is 6.74. The van der Waals surface area contributed by atoms with Crippen LogP contribution in [-0.2, 0) is 0 Å². The fraction of sp³-hybridized carbons (Fsp3) is 0.444. The number of hydrogen-bond donors (Lipinski definition) is 0. The van der Waals surface area contributed by atoms with Gasteiger partial charge in [0.25, 0.3) is 0 Å². The van der Waals surface area contributed by atoms with Crippen LogP contribution in [0.5, 0.6) is 0 Å². The third-order valence-electron chi connectivity index (χ3n) is 1.80. The molecule has 1 aromatic heterocycles. The Balaban J connectivity index is 0.00000169. The van der Waals surface area contributed by atoms with Gasteiger partial charge in [0.2, 0.25) is 4.95 Å². The maximum atomic E-state index is 3.55. The average molecular weight is 344 g/mol. The van der Waals surface area contributed by atoms with Crippen molar-refractivity contribution in [3.05, 3.63) is 24.5 Å². The van der Waals surface area contributed by atoms with Crippen molar-refractivity contribution in [2.75, 3.05) is 24.3 Å². The van der Waals surface area contributed by atoms with Gasteiger partial charge >= 0.3 is 0 Å². The van der Waals surface area contributed by atoms with E-state index in [4.69, 9.17) is 0 Å². The standard InChI is InChI=1S/C9H13Br2N2.ClH/c1-12(2)8-3-5-13(6-4-8)9(11)7-10;/h3-6,9H,7H2,1-2H3;1H/q+1;/p-1. The van der Waals surface area contributed by atoms with E-state index < -0.39 is 0 Å². The molecule has 0 aliphatic carbocycles. The summed E-state index contributed by atoms with van der Waals surface area (Å²) >= 11 is 6.97. The van der Waals surface area contributed by atoms with Crippen LogP contribution in [0.3, 0.4) is 0 Å². The molecule has 1 rings (SSSR count). The van der Waals surface area contributed by atoms with Gasteiger partial charge in [-0.05, 0) is 15.9 Å². The first-order valence-corrected chi connectivity index (χ1v) is 6.07. The molecule has 0 N–H and O–H groups in total. The van der Waals surface area contributed by atoms with Gasteiger partial charge in [0.1, 0.15) is 0 Å². The normalized spacial score (nSPS) is 11.7. The molecular formula is C9H13Br2ClN2. The molecule has 14 heavy (non-hydrogen) atoms. The molecule has 5 heteroatoms. The lowest BCUT2D eigenvalue weighted by molar-refractivity contribution is -0.693. The zero-order valence-electron chi connectivity index (χ0n) is 8.12. The zero-order valence-corrected chi connectivity index (χ0v) is 12.1. The Bertz CT molecular complexity index is 264. The van der Waals surface area contributed by atoms with Gasteiger partial charge in [-0.2, -0.15) is 4.57 Å². The first-order chi connectivity index (χ1) is 6.15. The van der Waals surface area contributed by atoms with Gasteiger partial charge in [-0.3, -0.25) is 0 Å². The molecule has 80 valence electrons. The third-order valence-corrected chi connectivity index (χ3v) is 4.08. The minimum absolute atomic E-state index is 0. The summed E-state index contributed by atoms with van der Waals surface area (Å²) in [5.41, 5.74) is 1.21. The van der Waals surface area contributed by atoms with Crippen LogP contribution in [0.25, 0.3) is 0 Å². The smallest absolute Gasteiger partial charge is 0.221 e. The van der Waals surface area contributed by atoms with Gasteiger partial charge in [0.15, 0.2) is 12.4 Å². The van der Waals surface area contributed by atoms with E-state index in [1.165, 1.54) is 5.69 Å². The molecule has 0 radical (unpaired) electrons. The van der Waals surface area contributed by atoms with Gasteiger partial charge in [0, 0.05) is 31.9 Å². The molecule has 2 nitrogen and oxygen atoms in total. The van der Waals surface area contributed by atoms with Crippen LogP contribution in [0.15, 0.2) is 24.5 Å². The van der Waals surface area contributed by atoms with E-state index in [0.29, 0.717) is 4.95 Å². The van der Waals surface area contributed by atoms with Crippen molar-refractivity contribution >= 4 is 37.5 Å². The first kappa shape index (κ1) is 14.2. The molecule has 0 aromatic carbocycles. The lowest BCUT2D eigenvalue weighted by atomic mass is 10.4. The number of rotatable bonds is 3. The predicted octanol–water partition coefficient (Wildman–Crippen LogP) is -0.667. The van der Waals surface area contributed by atoms with Gasteiger partial charge in [-0.25, -0.2) is 0 Å². The Morgan fingerprint density at radius 2 is 1.86 bits per heavy atom. The van der Waals surface area contributed by atoms with E-state index in [1.807, 2.05) is 14.1 Å². The lowest BCUT2D eigenvalue weighted by Gasteiger charge is -2.11. The fourth-order valence-electron chi connectivity index (χ4n) is 0.995. The van der Waals surface area contributed by atoms with E-state index in [1.54, 1.807) is 0 Å². The molecule has 0 saturated carbocycles. The minimum Gasteiger partial charge on any atom is -1.00 e. The lowest BCUT2D eigenvalue weighted by Crippen LogP contribution is -3.00. The topological polar surface area (TPSA) is 7.12 Å². The largest absolute Gasteiger partial charge is 1.00 e. The van der Waals surface area contributed by atoms with E-state index >= 15 is 0 Å². The summed E-state index contributed by atoms with van der Waals surface area (Å²) in [4.78, 5) is 2.41. The number of aromatic nitrogens is 1. The number of hydrogen-bond acceptors (Lipinski definition) is 1. The third kappa shape index (κ3) is 3.75. The molecule has 1 heterocycles. The second-order valence-corrected chi connectivity index (χ2v) is 4.69. The van der Waals surface area contributed by atoms with Crippen molar-refractivity contribution < 1.29 is 17.0 Å². The molecule has 1 unspecified atom stereocenters. The molecule has 0 aliphatic heterocycles. The summed E-state index contributed by atoms with van der Waals surface area (Å²) in [6.07, 6.45) is 4.13. The molecule has 1 aromatic rings. The summed E-state index contributed by atoms with van der Waals surface area (Å²) in [5.74, 6) is 0. The van der Waals surface area contributed by atoms with Crippen molar-refractivity contribution in [3.8, 4) is 0 Å². The summed E-state index contributed by atoms with van der Waals surface area (Å²) in [7, 11) is 4.07. The maximum Gasteiger partial charge on any atom is 0.221 e. The van der Waals surface area contributed by atoms with Crippen LogP contribution in [0.4, 0.5) is 5.69 Å². The van der Waals surface area contributed by atoms with E-state index in [0.717, 1.165) is 5.33 Å². The Labute approximate surface area is 108 Å². The number of nitrogens with zero attached hydrogens (tertiary/aromatic N) is 2. The molecule has 0 saturated heterocycles. The molecule has 0 bridgehead atoms. The highest BCUT2D eigenvalue weighted by Crippen LogP contribution is 2.12. The Morgan fingerprint density at radius 1 is 1.36 bits per heavy atom. The van der Waals surface area contributed by atoms with E-state index in [9.17, 15) is 0 Å². The van der Waals surface area contributed by atoms with Gasteiger partial charge in [0.05, 0.1) is 5.33 Å². The second kappa shape index (κ2) is 6.64. The number of halogens is 3. The number of alkyl halides is 2. The molecule has 0 fully saturated rings. The molecule has 0 aliphatic rings. The SMILES string of the molecule is CN(C)c1cc[n+](C(Br)CBr)cc1.[Cl-]. The fourth-order valence-corrected chi connectivity index (χ4v) is 1.60. The zero-order chi connectivity index (χ0) is 9.84. The predicted molar refractivity (Wildman–Crippen MR) is 62.7 cm³/mol.